The lowest BCUT2D eigenvalue weighted by molar-refractivity contribution is 0.194. The summed E-state index contributed by atoms with van der Waals surface area (Å²) in [5, 5.41) is 17.0. The highest BCUT2D eigenvalue weighted by molar-refractivity contribution is 6.22. The van der Waals surface area contributed by atoms with Crippen LogP contribution < -0.4 is 0 Å². The molecule has 16 heavy (non-hydrogen) atoms. The van der Waals surface area contributed by atoms with Crippen LogP contribution in [0.5, 0.6) is 0 Å². The van der Waals surface area contributed by atoms with Crippen LogP contribution in [0.2, 0.25) is 0 Å². The van der Waals surface area contributed by atoms with Crippen molar-refractivity contribution in [3.8, 4) is 6.07 Å². The minimum absolute atomic E-state index is 0.0713. The third-order valence-corrected chi connectivity index (χ3v) is 2.46. The number of hydrogen-bond acceptors (Lipinski definition) is 3. The van der Waals surface area contributed by atoms with Crippen molar-refractivity contribution in [2.24, 2.45) is 0 Å². The van der Waals surface area contributed by atoms with Crippen molar-refractivity contribution in [1.82, 2.24) is 4.90 Å². The van der Waals surface area contributed by atoms with E-state index >= 15 is 0 Å². The highest BCUT2D eigenvalue weighted by Gasteiger charge is 2.10. The lowest BCUT2D eigenvalue weighted by atomic mass is 10.2. The Labute approximate surface area is 101 Å². The number of aliphatic hydroxyl groups excluding tert-OH is 1. The van der Waals surface area contributed by atoms with Gasteiger partial charge in [-0.3, -0.25) is 4.90 Å². The zero-order valence-electron chi connectivity index (χ0n) is 9.01. The Morgan fingerprint density at radius 1 is 1.38 bits per heavy atom. The van der Waals surface area contributed by atoms with Crippen LogP contribution in [0.25, 0.3) is 0 Å². The summed E-state index contributed by atoms with van der Waals surface area (Å²) in [7, 11) is 0. The number of nitrogens with zero attached hydrogens (tertiary/aromatic N) is 2. The Kier molecular flexibility index (Phi) is 5.87. The van der Waals surface area contributed by atoms with E-state index in [1.54, 1.807) is 0 Å². The first-order valence-corrected chi connectivity index (χ1v) is 5.60. The van der Waals surface area contributed by atoms with Gasteiger partial charge in [0.25, 0.3) is 0 Å². The molecule has 1 atom stereocenters. The van der Waals surface area contributed by atoms with Crippen molar-refractivity contribution < 1.29 is 5.11 Å². The fraction of sp³-hybridized carbons (Fsp3) is 0.417. The molecule has 1 aromatic carbocycles. The van der Waals surface area contributed by atoms with Gasteiger partial charge in [0.15, 0.2) is 0 Å². The van der Waals surface area contributed by atoms with Crippen LogP contribution in [0, 0.1) is 11.3 Å². The van der Waals surface area contributed by atoms with Gasteiger partial charge in [-0.25, -0.2) is 0 Å². The molecule has 4 heteroatoms. The van der Waals surface area contributed by atoms with Gasteiger partial charge in [-0.15, -0.1) is 11.6 Å². The molecule has 0 spiro atoms. The molecular weight excluding hydrogens is 224 g/mol. The van der Waals surface area contributed by atoms with Gasteiger partial charge in [-0.1, -0.05) is 30.3 Å². The van der Waals surface area contributed by atoms with Gasteiger partial charge in [0.2, 0.25) is 0 Å². The molecule has 1 N–H and O–H groups in total. The van der Waals surface area contributed by atoms with Crippen LogP contribution in [-0.2, 0) is 6.54 Å². The van der Waals surface area contributed by atoms with E-state index in [0.717, 1.165) is 5.56 Å². The number of halogens is 1. The predicted molar refractivity (Wildman–Crippen MR) is 64.1 cm³/mol. The molecule has 1 rings (SSSR count). The third kappa shape index (κ3) is 4.63. The first-order chi connectivity index (χ1) is 7.76. The number of rotatable bonds is 6. The smallest absolute Gasteiger partial charge is 0.133 e. The van der Waals surface area contributed by atoms with Crippen molar-refractivity contribution >= 4 is 11.6 Å². The maximum Gasteiger partial charge on any atom is 0.133 e. The van der Waals surface area contributed by atoms with Crippen LogP contribution in [0.4, 0.5) is 0 Å². The van der Waals surface area contributed by atoms with Crippen molar-refractivity contribution in [3.05, 3.63) is 35.9 Å². The molecular formula is C12H15ClN2O. The average Bonchev–Trinajstić information content (AvgIpc) is 2.30. The molecule has 1 aromatic rings. The monoisotopic (exact) mass is 238 g/mol. The van der Waals surface area contributed by atoms with Crippen LogP contribution in [-0.4, -0.2) is 35.1 Å². The van der Waals surface area contributed by atoms with Gasteiger partial charge in [-0.2, -0.15) is 5.26 Å². The van der Waals surface area contributed by atoms with Crippen molar-refractivity contribution in [2.45, 2.75) is 11.9 Å². The van der Waals surface area contributed by atoms with Gasteiger partial charge in [0, 0.05) is 19.6 Å². The van der Waals surface area contributed by atoms with E-state index < -0.39 is 5.38 Å². The second-order valence-corrected chi connectivity index (χ2v) is 4.07. The highest BCUT2D eigenvalue weighted by Crippen LogP contribution is 2.06. The number of alkyl halides is 1. The minimum Gasteiger partial charge on any atom is -0.395 e. The summed E-state index contributed by atoms with van der Waals surface area (Å²) in [5.41, 5.74) is 1.15. The Hall–Kier alpha value is -1.08. The molecule has 0 bridgehead atoms. The highest BCUT2D eigenvalue weighted by atomic mass is 35.5. The molecule has 0 aliphatic rings. The molecule has 0 fully saturated rings. The predicted octanol–water partition coefficient (Wildman–Crippen LogP) is 1.61. The maximum absolute atomic E-state index is 8.93. The molecule has 3 nitrogen and oxygen atoms in total. The van der Waals surface area contributed by atoms with E-state index in [-0.39, 0.29) is 6.61 Å². The molecule has 86 valence electrons. The summed E-state index contributed by atoms with van der Waals surface area (Å²) < 4.78 is 0. The standard InChI is InChI=1S/C12H15ClN2O/c13-12(8-14)10-15(6-7-16)9-11-4-2-1-3-5-11/h1-5,12,16H,6-7,9-10H2/t12-/m0/s1. The molecule has 0 amide bonds. The molecule has 0 saturated heterocycles. The lowest BCUT2D eigenvalue weighted by Gasteiger charge is -2.21. The SMILES string of the molecule is N#C[C@H](Cl)CN(CCO)Cc1ccccc1. The Morgan fingerprint density at radius 3 is 2.62 bits per heavy atom. The number of aliphatic hydroxyl groups is 1. The van der Waals surface area contributed by atoms with Crippen LogP contribution in [0.3, 0.4) is 0 Å². The first-order valence-electron chi connectivity index (χ1n) is 5.17. The number of nitriles is 1. The Bertz CT molecular complexity index is 337. The zero-order chi connectivity index (χ0) is 11.8. The first kappa shape index (κ1) is 13.0. The summed E-state index contributed by atoms with van der Waals surface area (Å²) in [5.74, 6) is 0. The van der Waals surface area contributed by atoms with Gasteiger partial charge < -0.3 is 5.11 Å². The van der Waals surface area contributed by atoms with Gasteiger partial charge in [0.1, 0.15) is 5.38 Å². The van der Waals surface area contributed by atoms with E-state index in [2.05, 4.69) is 0 Å². The van der Waals surface area contributed by atoms with Crippen molar-refractivity contribution in [3.63, 3.8) is 0 Å². The number of hydrogen-bond donors (Lipinski definition) is 1. The summed E-state index contributed by atoms with van der Waals surface area (Å²) in [6, 6.07) is 11.9. The van der Waals surface area contributed by atoms with Crippen molar-refractivity contribution in [1.29, 1.82) is 5.26 Å². The lowest BCUT2D eigenvalue weighted by Crippen LogP contribution is -2.31. The van der Waals surface area contributed by atoms with E-state index in [0.29, 0.717) is 19.6 Å². The molecule has 0 aromatic heterocycles. The van der Waals surface area contributed by atoms with Gasteiger partial charge in [-0.05, 0) is 5.56 Å². The van der Waals surface area contributed by atoms with Crippen LogP contribution >= 0.6 is 11.6 Å². The normalized spacial score (nSPS) is 12.4. The quantitative estimate of drug-likeness (QED) is 0.766. The fourth-order valence-electron chi connectivity index (χ4n) is 1.49. The van der Waals surface area contributed by atoms with Crippen molar-refractivity contribution in [2.75, 3.05) is 19.7 Å². The summed E-state index contributed by atoms with van der Waals surface area (Å²) in [4.78, 5) is 1.97. The molecule has 0 radical (unpaired) electrons. The molecule has 0 unspecified atom stereocenters. The Balaban J connectivity index is 2.55. The van der Waals surface area contributed by atoms with E-state index in [1.807, 2.05) is 41.3 Å². The molecule has 0 saturated carbocycles. The van der Waals surface area contributed by atoms with E-state index in [4.69, 9.17) is 22.0 Å². The van der Waals surface area contributed by atoms with Crippen LogP contribution in [0.1, 0.15) is 5.56 Å². The van der Waals surface area contributed by atoms with E-state index in [1.165, 1.54) is 0 Å². The summed E-state index contributed by atoms with van der Waals surface area (Å²) in [6.45, 7) is 1.77. The second kappa shape index (κ2) is 7.24. The summed E-state index contributed by atoms with van der Waals surface area (Å²) in [6.07, 6.45) is 0. The molecule has 0 aliphatic carbocycles. The average molecular weight is 239 g/mol. The zero-order valence-corrected chi connectivity index (χ0v) is 9.77. The largest absolute Gasteiger partial charge is 0.395 e. The minimum atomic E-state index is -0.532. The van der Waals surface area contributed by atoms with Gasteiger partial charge in [0.05, 0.1) is 12.7 Å². The number of benzene rings is 1. The molecule has 0 aliphatic heterocycles. The third-order valence-electron chi connectivity index (χ3n) is 2.22. The van der Waals surface area contributed by atoms with Gasteiger partial charge >= 0.3 is 0 Å². The summed E-state index contributed by atoms with van der Waals surface area (Å²) >= 11 is 5.78. The topological polar surface area (TPSA) is 47.3 Å². The molecule has 0 heterocycles. The van der Waals surface area contributed by atoms with Crippen LogP contribution in [0.15, 0.2) is 30.3 Å². The van der Waals surface area contributed by atoms with E-state index in [9.17, 15) is 0 Å². The Morgan fingerprint density at radius 2 is 2.06 bits per heavy atom. The fourth-order valence-corrected chi connectivity index (χ4v) is 1.68. The maximum atomic E-state index is 8.93. The second-order valence-electron chi connectivity index (χ2n) is 3.54.